The minimum absolute atomic E-state index is 0.141. The van der Waals surface area contributed by atoms with Gasteiger partial charge in [0.2, 0.25) is 5.78 Å². The molecule has 1 aliphatic carbocycles. The van der Waals surface area contributed by atoms with Gasteiger partial charge in [-0.1, -0.05) is 0 Å². The van der Waals surface area contributed by atoms with Gasteiger partial charge in [0.15, 0.2) is 11.5 Å². The van der Waals surface area contributed by atoms with Crippen molar-refractivity contribution in [2.45, 2.75) is 57.1 Å². The molecule has 0 unspecified atom stereocenters. The number of ether oxygens (including phenoxy) is 2. The van der Waals surface area contributed by atoms with E-state index in [1.54, 1.807) is 19.6 Å². The number of methoxy groups -OCH3 is 1. The molecule has 1 aliphatic heterocycles. The lowest BCUT2D eigenvalue weighted by Crippen LogP contribution is -2.34. The maximum Gasteiger partial charge on any atom is 0.372 e. The van der Waals surface area contributed by atoms with Crippen LogP contribution in [0.1, 0.15) is 61.6 Å². The molecule has 3 heterocycles. The van der Waals surface area contributed by atoms with Gasteiger partial charge in [-0.25, -0.2) is 14.8 Å². The van der Waals surface area contributed by atoms with Crippen molar-refractivity contribution in [2.75, 3.05) is 13.7 Å². The van der Waals surface area contributed by atoms with Crippen molar-refractivity contribution in [2.24, 2.45) is 4.99 Å². The smallest absolute Gasteiger partial charge is 0.372 e. The molecule has 1 aromatic carbocycles. The van der Waals surface area contributed by atoms with Crippen LogP contribution in [0.25, 0.3) is 5.82 Å². The maximum absolute atomic E-state index is 10.3. The minimum Gasteiger partial charge on any atom is -0.493 e. The van der Waals surface area contributed by atoms with Crippen molar-refractivity contribution in [3.05, 3.63) is 65.9 Å². The number of carbonyl (C=O) groups is 3. The second-order valence-electron chi connectivity index (χ2n) is 9.64. The largest absolute Gasteiger partial charge is 0.493 e. The Morgan fingerprint density at radius 3 is 2.51 bits per heavy atom. The molecule has 2 aromatic heterocycles. The van der Waals surface area contributed by atoms with Crippen LogP contribution >= 0.6 is 0 Å². The van der Waals surface area contributed by atoms with E-state index in [4.69, 9.17) is 24.7 Å². The second kappa shape index (κ2) is 13.2. The molecule has 12 nitrogen and oxygen atoms in total. The Labute approximate surface area is 236 Å². The van der Waals surface area contributed by atoms with Gasteiger partial charge in [-0.2, -0.15) is 0 Å². The highest BCUT2D eigenvalue weighted by atomic mass is 16.5. The van der Waals surface area contributed by atoms with Crippen LogP contribution in [0.15, 0.2) is 54.2 Å². The number of aliphatic carboxylic acids is 2. The number of rotatable bonds is 9. The number of pyridine rings is 1. The van der Waals surface area contributed by atoms with Crippen LogP contribution in [0.3, 0.4) is 0 Å². The Balaban J connectivity index is 0.000000334. The zero-order valence-corrected chi connectivity index (χ0v) is 22.8. The molecular weight excluding hydrogens is 532 g/mol. The van der Waals surface area contributed by atoms with E-state index < -0.39 is 30.6 Å². The zero-order chi connectivity index (χ0) is 29.5. The van der Waals surface area contributed by atoms with Gasteiger partial charge in [0.25, 0.3) is 0 Å². The predicted molar refractivity (Wildman–Crippen MR) is 147 cm³/mol. The Morgan fingerprint density at radius 2 is 1.90 bits per heavy atom. The van der Waals surface area contributed by atoms with E-state index in [-0.39, 0.29) is 18.1 Å². The van der Waals surface area contributed by atoms with Crippen molar-refractivity contribution >= 4 is 23.4 Å². The Hall–Kier alpha value is -4.58. The number of aliphatic hydroxyl groups is 1. The third-order valence-electron chi connectivity index (χ3n) is 6.97. The third-order valence-corrected chi connectivity index (χ3v) is 6.97. The van der Waals surface area contributed by atoms with Crippen molar-refractivity contribution in [3.63, 3.8) is 0 Å². The molecule has 1 fully saturated rings. The van der Waals surface area contributed by atoms with E-state index in [0.717, 1.165) is 46.8 Å². The summed E-state index contributed by atoms with van der Waals surface area (Å²) in [4.78, 5) is 43.6. The minimum atomic E-state index is -1.58. The van der Waals surface area contributed by atoms with Crippen LogP contribution < -0.4 is 9.47 Å². The highest BCUT2D eigenvalue weighted by Gasteiger charge is 2.37. The van der Waals surface area contributed by atoms with Crippen molar-refractivity contribution in [1.82, 2.24) is 14.5 Å². The molecule has 2 aliphatic rings. The molecule has 0 radical (unpaired) electrons. The zero-order valence-electron chi connectivity index (χ0n) is 22.8. The first-order chi connectivity index (χ1) is 19.7. The molecule has 0 saturated heterocycles. The normalized spacial score (nSPS) is 19.0. The quantitative estimate of drug-likeness (QED) is 0.328. The highest BCUT2D eigenvalue weighted by Crippen LogP contribution is 2.45. The summed E-state index contributed by atoms with van der Waals surface area (Å²) >= 11 is 0. The number of fused-ring (bicyclic) bond motifs is 3. The lowest BCUT2D eigenvalue weighted by molar-refractivity contribution is -0.149. The average Bonchev–Trinajstić information content (AvgIpc) is 3.51. The second-order valence-corrected chi connectivity index (χ2v) is 9.64. The number of aromatic nitrogens is 3. The number of aliphatic imine (C=N–C) groups is 1. The Bertz CT molecular complexity index is 1420. The van der Waals surface area contributed by atoms with Crippen LogP contribution in [0.2, 0.25) is 0 Å². The molecule has 3 atom stereocenters. The number of aliphatic hydroxyl groups excluding tert-OH is 1. The summed E-state index contributed by atoms with van der Waals surface area (Å²) in [6.07, 6.45) is 8.39. The lowest BCUT2D eigenvalue weighted by atomic mass is 9.74. The van der Waals surface area contributed by atoms with Crippen molar-refractivity contribution < 1.29 is 39.2 Å². The number of carbonyl (C=O) groups excluding carboxylic acids is 1. The molecule has 0 amide bonds. The molecule has 5 rings (SSSR count). The average molecular weight is 565 g/mol. The maximum atomic E-state index is 10.3. The molecule has 0 bridgehead atoms. The number of hydrogen-bond donors (Lipinski definition) is 3. The van der Waals surface area contributed by atoms with E-state index in [1.165, 1.54) is 0 Å². The standard InChI is InChI=1S/C24H26N4O3.C5H6O5/c1-3-31-22-11-17-18-10-16(29)5-6-20(18)27-24(19(17)12-21(22)30-2)15-4-7-23(26-13-15)28-9-8-25-14-28;6-3(5(9)10)1-2-4(7)8/h4,7-9,11-14,16,18,20,29H,3,5-6,10H2,1-2H3;1-2H2,(H,7,8)(H,9,10)/t16-,18-,20-;/m1./s1. The fourth-order valence-corrected chi connectivity index (χ4v) is 5.00. The monoisotopic (exact) mass is 564 g/mol. The number of ketones is 1. The number of nitrogens with zero attached hydrogens (tertiary/aromatic N) is 4. The highest BCUT2D eigenvalue weighted by molar-refractivity contribution is 6.32. The summed E-state index contributed by atoms with van der Waals surface area (Å²) in [6.45, 7) is 2.53. The molecule has 12 heteroatoms. The van der Waals surface area contributed by atoms with Crippen LogP contribution in [0.5, 0.6) is 11.5 Å². The first kappa shape index (κ1) is 29.4. The van der Waals surface area contributed by atoms with Crippen LogP contribution in [0, 0.1) is 0 Å². The number of benzene rings is 1. The van der Waals surface area contributed by atoms with Gasteiger partial charge in [-0.3, -0.25) is 19.1 Å². The fourth-order valence-electron chi connectivity index (χ4n) is 5.00. The number of carboxylic acids is 2. The molecule has 1 saturated carbocycles. The third kappa shape index (κ3) is 6.95. The summed E-state index contributed by atoms with van der Waals surface area (Å²) in [5, 5.41) is 26.3. The molecule has 216 valence electrons. The van der Waals surface area contributed by atoms with Gasteiger partial charge in [0.1, 0.15) is 12.1 Å². The number of Topliss-reactive ketones (excluding diaryl/α,β-unsaturated/α-hetero) is 1. The van der Waals surface area contributed by atoms with Gasteiger partial charge in [0, 0.05) is 42.1 Å². The summed E-state index contributed by atoms with van der Waals surface area (Å²) in [5.41, 5.74) is 4.06. The van der Waals surface area contributed by atoms with E-state index in [1.807, 2.05) is 42.1 Å². The number of carboxylic acid groups (broad SMARTS) is 2. The van der Waals surface area contributed by atoms with Gasteiger partial charge in [-0.05, 0) is 56.0 Å². The summed E-state index contributed by atoms with van der Waals surface area (Å²) < 4.78 is 13.3. The van der Waals surface area contributed by atoms with Crippen LogP contribution in [0.4, 0.5) is 0 Å². The lowest BCUT2D eigenvalue weighted by Gasteiger charge is -2.37. The Kier molecular flexibility index (Phi) is 9.45. The SMILES string of the molecule is CCOc1cc2c(cc1OC)C(c1ccc(-n3ccnc3)nc1)=N[C@@H]1CC[C@@H](O)C[C@H]21.O=C(O)CCC(=O)C(=O)O. The first-order valence-corrected chi connectivity index (χ1v) is 13.2. The van der Waals surface area contributed by atoms with E-state index in [9.17, 15) is 19.5 Å². The molecule has 3 N–H and O–H groups in total. The molecule has 41 heavy (non-hydrogen) atoms. The van der Waals surface area contributed by atoms with Crippen molar-refractivity contribution in [3.8, 4) is 17.3 Å². The van der Waals surface area contributed by atoms with E-state index in [2.05, 4.69) is 16.0 Å². The van der Waals surface area contributed by atoms with Crippen molar-refractivity contribution in [1.29, 1.82) is 0 Å². The molecular formula is C29H32N4O8. The number of imidazole rings is 1. The summed E-state index contributed by atoms with van der Waals surface area (Å²) in [5.74, 6) is -1.42. The van der Waals surface area contributed by atoms with E-state index in [0.29, 0.717) is 18.8 Å². The summed E-state index contributed by atoms with van der Waals surface area (Å²) in [7, 11) is 1.65. The number of hydrogen-bond acceptors (Lipinski definition) is 9. The van der Waals surface area contributed by atoms with E-state index >= 15 is 0 Å². The van der Waals surface area contributed by atoms with Gasteiger partial charge in [-0.15, -0.1) is 0 Å². The fraction of sp³-hybridized carbons (Fsp3) is 0.379. The summed E-state index contributed by atoms with van der Waals surface area (Å²) in [6, 6.07) is 8.25. The Morgan fingerprint density at radius 1 is 1.10 bits per heavy atom. The van der Waals surface area contributed by atoms with Crippen LogP contribution in [-0.4, -0.2) is 79.2 Å². The van der Waals surface area contributed by atoms with Gasteiger partial charge >= 0.3 is 11.9 Å². The molecule has 0 spiro atoms. The van der Waals surface area contributed by atoms with Crippen LogP contribution in [-0.2, 0) is 14.4 Å². The topological polar surface area (TPSA) is 173 Å². The predicted octanol–water partition coefficient (Wildman–Crippen LogP) is 3.03. The molecule has 3 aromatic rings. The van der Waals surface area contributed by atoms with Gasteiger partial charge in [0.05, 0.1) is 38.0 Å². The van der Waals surface area contributed by atoms with Gasteiger partial charge < -0.3 is 24.8 Å². The first-order valence-electron chi connectivity index (χ1n) is 13.2.